The number of benzene rings is 1. The van der Waals surface area contributed by atoms with Crippen molar-refractivity contribution in [3.63, 3.8) is 0 Å². The number of amides is 1. The van der Waals surface area contributed by atoms with Gasteiger partial charge in [0.15, 0.2) is 23.1 Å². The number of hydrogen-bond donors (Lipinski definition) is 0. The van der Waals surface area contributed by atoms with Gasteiger partial charge in [-0.2, -0.15) is 4.31 Å². The number of hydrogen-bond acceptors (Lipinski definition) is 5. The Kier molecular flexibility index (Phi) is 4.56. The van der Waals surface area contributed by atoms with Crippen LogP contribution in [0, 0.1) is 11.6 Å². The van der Waals surface area contributed by atoms with E-state index in [4.69, 9.17) is 4.52 Å². The van der Waals surface area contributed by atoms with Crippen molar-refractivity contribution in [2.24, 2.45) is 0 Å². The van der Waals surface area contributed by atoms with Crippen LogP contribution in [-0.2, 0) is 10.0 Å². The molecule has 3 rings (SSSR count). The van der Waals surface area contributed by atoms with Crippen LogP contribution in [0.15, 0.2) is 28.8 Å². The van der Waals surface area contributed by atoms with E-state index in [1.165, 1.54) is 21.3 Å². The molecule has 2 aromatic rings. The van der Waals surface area contributed by atoms with Gasteiger partial charge in [-0.15, -0.1) is 0 Å². The fourth-order valence-electron chi connectivity index (χ4n) is 2.55. The number of halogens is 2. The minimum Gasteiger partial charge on any atom is -0.355 e. The van der Waals surface area contributed by atoms with Crippen LogP contribution in [0.3, 0.4) is 0 Å². The molecule has 0 bridgehead atoms. The van der Waals surface area contributed by atoms with Gasteiger partial charge in [0.1, 0.15) is 0 Å². The third-order valence-corrected chi connectivity index (χ3v) is 5.23. The third kappa shape index (κ3) is 3.69. The highest BCUT2D eigenvalue weighted by atomic mass is 32.2. The summed E-state index contributed by atoms with van der Waals surface area (Å²) in [5.41, 5.74) is 0.278. The summed E-state index contributed by atoms with van der Waals surface area (Å²) in [6.45, 7) is 0.884. The summed E-state index contributed by atoms with van der Waals surface area (Å²) in [4.78, 5) is 13.9. The molecule has 1 aromatic carbocycles. The maximum atomic E-state index is 13.3. The first-order valence-corrected chi connectivity index (χ1v) is 9.27. The second-order valence-electron chi connectivity index (χ2n) is 5.66. The zero-order valence-electron chi connectivity index (χ0n) is 13.3. The first-order chi connectivity index (χ1) is 11.8. The van der Waals surface area contributed by atoms with Crippen molar-refractivity contribution in [1.82, 2.24) is 14.4 Å². The molecule has 7 nitrogen and oxygen atoms in total. The molecule has 2 heterocycles. The van der Waals surface area contributed by atoms with Gasteiger partial charge in [0.25, 0.3) is 5.91 Å². The molecule has 134 valence electrons. The molecular weight excluding hydrogens is 356 g/mol. The Hall–Kier alpha value is -2.33. The van der Waals surface area contributed by atoms with Gasteiger partial charge in [0.2, 0.25) is 10.0 Å². The largest absolute Gasteiger partial charge is 0.355 e. The number of carbonyl (C=O) groups excluding carboxylic acids is 1. The molecule has 1 amide bonds. The highest BCUT2D eigenvalue weighted by Crippen LogP contribution is 2.23. The van der Waals surface area contributed by atoms with Crippen molar-refractivity contribution < 1.29 is 26.5 Å². The summed E-state index contributed by atoms with van der Waals surface area (Å²) >= 11 is 0. The lowest BCUT2D eigenvalue weighted by Gasteiger charge is -2.32. The number of aromatic nitrogens is 1. The molecule has 1 aromatic heterocycles. The molecule has 0 saturated carbocycles. The van der Waals surface area contributed by atoms with Gasteiger partial charge in [0.05, 0.1) is 6.26 Å². The number of nitrogens with zero attached hydrogens (tertiary/aromatic N) is 3. The lowest BCUT2D eigenvalue weighted by Crippen LogP contribution is -2.50. The lowest BCUT2D eigenvalue weighted by atomic mass is 10.1. The number of carbonyl (C=O) groups is 1. The molecule has 25 heavy (non-hydrogen) atoms. The van der Waals surface area contributed by atoms with Crippen molar-refractivity contribution in [3.8, 4) is 11.3 Å². The van der Waals surface area contributed by atoms with Gasteiger partial charge in [-0.05, 0) is 18.2 Å². The van der Waals surface area contributed by atoms with Gasteiger partial charge in [-0.25, -0.2) is 17.2 Å². The summed E-state index contributed by atoms with van der Waals surface area (Å²) in [6, 6.07) is 4.57. The topological polar surface area (TPSA) is 83.7 Å². The van der Waals surface area contributed by atoms with Gasteiger partial charge in [0, 0.05) is 37.8 Å². The predicted molar refractivity (Wildman–Crippen MR) is 84.2 cm³/mol. The molecule has 0 N–H and O–H groups in total. The summed E-state index contributed by atoms with van der Waals surface area (Å²) in [7, 11) is -3.28. The molecule has 0 aliphatic carbocycles. The Morgan fingerprint density at radius 2 is 1.80 bits per heavy atom. The number of sulfonamides is 1. The molecule has 0 spiro atoms. The predicted octanol–water partition coefficient (Wildman–Crippen LogP) is 1.34. The zero-order chi connectivity index (χ0) is 18.2. The molecule has 1 saturated heterocycles. The molecule has 10 heteroatoms. The van der Waals surface area contributed by atoms with Crippen molar-refractivity contribution in [3.05, 3.63) is 41.6 Å². The van der Waals surface area contributed by atoms with Crippen molar-refractivity contribution in [2.45, 2.75) is 0 Å². The van der Waals surface area contributed by atoms with Gasteiger partial charge < -0.3 is 9.42 Å². The molecule has 0 atom stereocenters. The maximum Gasteiger partial charge on any atom is 0.276 e. The highest BCUT2D eigenvalue weighted by molar-refractivity contribution is 7.88. The van der Waals surface area contributed by atoms with Gasteiger partial charge in [-0.1, -0.05) is 5.16 Å². The summed E-state index contributed by atoms with van der Waals surface area (Å²) in [6.07, 6.45) is 1.12. The van der Waals surface area contributed by atoms with E-state index in [9.17, 15) is 22.0 Å². The quantitative estimate of drug-likeness (QED) is 0.813. The smallest absolute Gasteiger partial charge is 0.276 e. The van der Waals surface area contributed by atoms with E-state index in [0.29, 0.717) is 0 Å². The van der Waals surface area contributed by atoms with Crippen LogP contribution in [0.2, 0.25) is 0 Å². The SMILES string of the molecule is CS(=O)(=O)N1CCN(C(=O)c2cc(-c3ccc(F)c(F)c3)on2)CC1. The first-order valence-electron chi connectivity index (χ1n) is 7.42. The fraction of sp³-hybridized carbons (Fsp3) is 0.333. The van der Waals surface area contributed by atoms with Crippen LogP contribution < -0.4 is 0 Å². The average molecular weight is 371 g/mol. The van der Waals surface area contributed by atoms with E-state index in [1.54, 1.807) is 0 Å². The van der Waals surface area contributed by atoms with Crippen molar-refractivity contribution in [1.29, 1.82) is 0 Å². The highest BCUT2D eigenvalue weighted by Gasteiger charge is 2.28. The van der Waals surface area contributed by atoms with Gasteiger partial charge in [-0.3, -0.25) is 4.79 Å². The molecule has 1 aliphatic heterocycles. The molecule has 1 aliphatic rings. The van der Waals surface area contributed by atoms with Crippen LogP contribution in [0.25, 0.3) is 11.3 Å². The van der Waals surface area contributed by atoms with E-state index in [1.807, 2.05) is 0 Å². The van der Waals surface area contributed by atoms with Crippen LogP contribution >= 0.6 is 0 Å². The second-order valence-corrected chi connectivity index (χ2v) is 7.64. The zero-order valence-corrected chi connectivity index (χ0v) is 14.1. The fourth-order valence-corrected chi connectivity index (χ4v) is 3.37. The molecule has 1 fully saturated rings. The maximum absolute atomic E-state index is 13.3. The molecular formula is C15H15F2N3O4S. The van der Waals surface area contributed by atoms with Crippen LogP contribution in [0.4, 0.5) is 8.78 Å². The van der Waals surface area contributed by atoms with Crippen molar-refractivity contribution in [2.75, 3.05) is 32.4 Å². The van der Waals surface area contributed by atoms with Crippen molar-refractivity contribution >= 4 is 15.9 Å². The molecule has 0 unspecified atom stereocenters. The standard InChI is InChI=1S/C15H15F2N3O4S/c1-25(22,23)20-6-4-19(5-7-20)15(21)13-9-14(24-18-13)10-2-3-11(16)12(17)8-10/h2-3,8-9H,4-7H2,1H3. The summed E-state index contributed by atoms with van der Waals surface area (Å²) in [5, 5.41) is 3.67. The van der Waals surface area contributed by atoms with E-state index >= 15 is 0 Å². The third-order valence-electron chi connectivity index (χ3n) is 3.93. The van der Waals surface area contributed by atoms with E-state index in [-0.39, 0.29) is 43.2 Å². The number of piperazine rings is 1. The Morgan fingerprint density at radius 1 is 1.12 bits per heavy atom. The first kappa shape index (κ1) is 17.5. The monoisotopic (exact) mass is 371 g/mol. The number of rotatable bonds is 3. The van der Waals surface area contributed by atoms with Gasteiger partial charge >= 0.3 is 0 Å². The normalized spacial score (nSPS) is 16.2. The Labute approximate surface area is 142 Å². The lowest BCUT2D eigenvalue weighted by molar-refractivity contribution is 0.0688. The molecule has 0 radical (unpaired) electrons. The average Bonchev–Trinajstić information content (AvgIpc) is 3.06. The minimum absolute atomic E-state index is 0.0209. The Balaban J connectivity index is 1.72. The van der Waals surface area contributed by atoms with E-state index in [2.05, 4.69) is 5.16 Å². The summed E-state index contributed by atoms with van der Waals surface area (Å²) in [5.74, 6) is -2.29. The Morgan fingerprint density at radius 3 is 2.40 bits per heavy atom. The Bertz CT molecular complexity index is 905. The van der Waals surface area contributed by atoms with Crippen LogP contribution in [0.5, 0.6) is 0 Å². The van der Waals surface area contributed by atoms with Crippen LogP contribution in [0.1, 0.15) is 10.5 Å². The summed E-state index contributed by atoms with van der Waals surface area (Å²) < 4.78 is 55.6. The minimum atomic E-state index is -3.28. The van der Waals surface area contributed by atoms with E-state index in [0.717, 1.165) is 18.4 Å². The van der Waals surface area contributed by atoms with Crippen LogP contribution in [-0.4, -0.2) is 61.1 Å². The van der Waals surface area contributed by atoms with E-state index < -0.39 is 27.6 Å². The second kappa shape index (κ2) is 6.52.